The number of aromatic nitrogens is 1. The summed E-state index contributed by atoms with van der Waals surface area (Å²) < 4.78 is 30.2. The fraction of sp³-hybridized carbons (Fsp3) is 0.312. The highest BCUT2D eigenvalue weighted by Crippen LogP contribution is 2.19. The van der Waals surface area contributed by atoms with Crippen LogP contribution >= 0.6 is 0 Å². The molecule has 0 atom stereocenters. The minimum atomic E-state index is -3.40. The predicted octanol–water partition coefficient (Wildman–Crippen LogP) is 3.07. The zero-order valence-corrected chi connectivity index (χ0v) is 13.3. The molecule has 0 aliphatic carbocycles. The Balaban J connectivity index is 2.28. The summed E-state index contributed by atoms with van der Waals surface area (Å²) in [5.74, 6) is 0.321. The second kappa shape index (κ2) is 6.26. The molecule has 0 saturated carbocycles. The molecule has 0 amide bonds. The van der Waals surface area contributed by atoms with Gasteiger partial charge in [-0.3, -0.25) is 0 Å². The van der Waals surface area contributed by atoms with Gasteiger partial charge < -0.3 is 4.74 Å². The number of benzene rings is 1. The molecule has 0 aliphatic heterocycles. The number of aryl methyl sites for hydroxylation is 2. The van der Waals surface area contributed by atoms with Gasteiger partial charge >= 0.3 is 0 Å². The predicted molar refractivity (Wildman–Crippen MR) is 82.2 cm³/mol. The quantitative estimate of drug-likeness (QED) is 0.852. The van der Waals surface area contributed by atoms with Crippen LogP contribution in [0, 0.1) is 13.8 Å². The standard InChI is InChI=1S/C16H19NO3S/c1-4-20-16-7-5-6-14(17-16)11-21(18,19)15-9-8-12(2)13(3)10-15/h5-10H,4,11H2,1-3H3. The van der Waals surface area contributed by atoms with Crippen LogP contribution in [0.15, 0.2) is 41.3 Å². The Labute approximate surface area is 125 Å². The van der Waals surface area contributed by atoms with Gasteiger partial charge in [-0.1, -0.05) is 12.1 Å². The molecule has 1 aromatic heterocycles. The topological polar surface area (TPSA) is 56.3 Å². The minimum Gasteiger partial charge on any atom is -0.478 e. The van der Waals surface area contributed by atoms with Crippen molar-refractivity contribution >= 4 is 9.84 Å². The Morgan fingerprint density at radius 2 is 1.86 bits per heavy atom. The lowest BCUT2D eigenvalue weighted by atomic mass is 10.1. The van der Waals surface area contributed by atoms with Crippen molar-refractivity contribution in [3.63, 3.8) is 0 Å². The van der Waals surface area contributed by atoms with Crippen LogP contribution in [0.3, 0.4) is 0 Å². The van der Waals surface area contributed by atoms with Gasteiger partial charge in [0.15, 0.2) is 9.84 Å². The molecule has 21 heavy (non-hydrogen) atoms. The molecule has 0 spiro atoms. The summed E-state index contributed by atoms with van der Waals surface area (Å²) in [4.78, 5) is 4.54. The van der Waals surface area contributed by atoms with E-state index in [1.165, 1.54) is 0 Å². The summed E-state index contributed by atoms with van der Waals surface area (Å²) in [6.45, 7) is 6.22. The number of nitrogens with zero attached hydrogens (tertiary/aromatic N) is 1. The molecule has 4 nitrogen and oxygen atoms in total. The van der Waals surface area contributed by atoms with E-state index in [0.717, 1.165) is 11.1 Å². The molecule has 1 aromatic carbocycles. The maximum absolute atomic E-state index is 12.5. The van der Waals surface area contributed by atoms with Crippen molar-refractivity contribution in [2.75, 3.05) is 6.61 Å². The van der Waals surface area contributed by atoms with Crippen LogP contribution in [0.4, 0.5) is 0 Å². The summed E-state index contributed by atoms with van der Waals surface area (Å²) in [6, 6.07) is 10.3. The van der Waals surface area contributed by atoms with E-state index in [-0.39, 0.29) is 5.75 Å². The van der Waals surface area contributed by atoms with Crippen molar-refractivity contribution in [1.29, 1.82) is 0 Å². The highest BCUT2D eigenvalue weighted by molar-refractivity contribution is 7.90. The first kappa shape index (κ1) is 15.5. The molecule has 2 rings (SSSR count). The van der Waals surface area contributed by atoms with Crippen molar-refractivity contribution in [2.24, 2.45) is 0 Å². The second-order valence-corrected chi connectivity index (χ2v) is 6.89. The minimum absolute atomic E-state index is 0.129. The third-order valence-electron chi connectivity index (χ3n) is 3.25. The Bertz CT molecular complexity index is 739. The number of sulfone groups is 1. The molecule has 0 fully saturated rings. The summed E-state index contributed by atoms with van der Waals surface area (Å²) in [5.41, 5.74) is 2.52. The van der Waals surface area contributed by atoms with Crippen molar-refractivity contribution in [3.8, 4) is 5.88 Å². The van der Waals surface area contributed by atoms with Gasteiger partial charge in [-0.05, 0) is 50.1 Å². The van der Waals surface area contributed by atoms with Gasteiger partial charge in [-0.2, -0.15) is 0 Å². The lowest BCUT2D eigenvalue weighted by Gasteiger charge is -2.08. The van der Waals surface area contributed by atoms with Crippen LogP contribution in [0.1, 0.15) is 23.7 Å². The Hall–Kier alpha value is -1.88. The van der Waals surface area contributed by atoms with E-state index in [1.807, 2.05) is 26.8 Å². The van der Waals surface area contributed by atoms with E-state index in [9.17, 15) is 8.42 Å². The molecule has 0 saturated heterocycles. The molecule has 0 unspecified atom stereocenters. The van der Waals surface area contributed by atoms with Crippen LogP contribution in [0.25, 0.3) is 0 Å². The van der Waals surface area contributed by atoms with Crippen LogP contribution in [0.2, 0.25) is 0 Å². The van der Waals surface area contributed by atoms with E-state index in [2.05, 4.69) is 4.98 Å². The second-order valence-electron chi connectivity index (χ2n) is 4.91. The fourth-order valence-corrected chi connectivity index (χ4v) is 3.30. The van der Waals surface area contributed by atoms with E-state index in [0.29, 0.717) is 23.1 Å². The number of hydrogen-bond acceptors (Lipinski definition) is 4. The van der Waals surface area contributed by atoms with Crippen LogP contribution in [0.5, 0.6) is 5.88 Å². The lowest BCUT2D eigenvalue weighted by Crippen LogP contribution is -2.07. The van der Waals surface area contributed by atoms with E-state index in [1.54, 1.807) is 30.3 Å². The third kappa shape index (κ3) is 3.82. The zero-order chi connectivity index (χ0) is 15.5. The van der Waals surface area contributed by atoms with Gasteiger partial charge in [0.05, 0.1) is 22.9 Å². The van der Waals surface area contributed by atoms with Gasteiger partial charge in [-0.15, -0.1) is 0 Å². The van der Waals surface area contributed by atoms with Crippen molar-refractivity contribution in [1.82, 2.24) is 4.98 Å². The van der Waals surface area contributed by atoms with Crippen LogP contribution in [-0.4, -0.2) is 20.0 Å². The SMILES string of the molecule is CCOc1cccc(CS(=O)(=O)c2ccc(C)c(C)c2)n1. The molecular weight excluding hydrogens is 286 g/mol. The Morgan fingerprint density at radius 1 is 1.10 bits per heavy atom. The summed E-state index contributed by atoms with van der Waals surface area (Å²) in [7, 11) is -3.40. The highest BCUT2D eigenvalue weighted by Gasteiger charge is 2.17. The van der Waals surface area contributed by atoms with Crippen LogP contribution < -0.4 is 4.74 Å². The summed E-state index contributed by atoms with van der Waals surface area (Å²) in [6.07, 6.45) is 0. The average molecular weight is 305 g/mol. The van der Waals surface area contributed by atoms with Gasteiger partial charge in [0.2, 0.25) is 5.88 Å². The maximum atomic E-state index is 12.5. The van der Waals surface area contributed by atoms with Gasteiger partial charge in [0.25, 0.3) is 0 Å². The number of pyridine rings is 1. The van der Waals surface area contributed by atoms with Crippen molar-refractivity contribution in [2.45, 2.75) is 31.4 Å². The lowest BCUT2D eigenvalue weighted by molar-refractivity contribution is 0.326. The fourth-order valence-electron chi connectivity index (χ4n) is 1.95. The maximum Gasteiger partial charge on any atom is 0.213 e. The largest absolute Gasteiger partial charge is 0.478 e. The van der Waals surface area contributed by atoms with Crippen molar-refractivity contribution in [3.05, 3.63) is 53.2 Å². The van der Waals surface area contributed by atoms with Crippen LogP contribution in [-0.2, 0) is 15.6 Å². The van der Waals surface area contributed by atoms with E-state index in [4.69, 9.17) is 4.74 Å². The Kier molecular flexibility index (Phi) is 4.63. The first-order valence-electron chi connectivity index (χ1n) is 6.81. The molecule has 0 bridgehead atoms. The van der Waals surface area contributed by atoms with Gasteiger partial charge in [-0.25, -0.2) is 13.4 Å². The third-order valence-corrected chi connectivity index (χ3v) is 4.90. The van der Waals surface area contributed by atoms with Crippen molar-refractivity contribution < 1.29 is 13.2 Å². The van der Waals surface area contributed by atoms with Gasteiger partial charge in [0.1, 0.15) is 0 Å². The molecule has 112 valence electrons. The summed E-state index contributed by atoms with van der Waals surface area (Å²) in [5, 5.41) is 0. The average Bonchev–Trinajstić information content (AvgIpc) is 2.42. The molecule has 5 heteroatoms. The monoisotopic (exact) mass is 305 g/mol. The number of ether oxygens (including phenoxy) is 1. The zero-order valence-electron chi connectivity index (χ0n) is 12.5. The van der Waals surface area contributed by atoms with E-state index < -0.39 is 9.84 Å². The highest BCUT2D eigenvalue weighted by atomic mass is 32.2. The number of rotatable bonds is 5. The number of hydrogen-bond donors (Lipinski definition) is 0. The normalized spacial score (nSPS) is 11.4. The smallest absolute Gasteiger partial charge is 0.213 e. The molecule has 0 radical (unpaired) electrons. The Morgan fingerprint density at radius 3 is 2.52 bits per heavy atom. The van der Waals surface area contributed by atoms with Gasteiger partial charge in [0, 0.05) is 6.07 Å². The molecular formula is C16H19NO3S. The molecule has 0 N–H and O–H groups in total. The molecule has 2 aromatic rings. The molecule has 0 aliphatic rings. The molecule has 1 heterocycles. The summed E-state index contributed by atoms with van der Waals surface area (Å²) >= 11 is 0. The first-order chi connectivity index (χ1) is 9.92. The van der Waals surface area contributed by atoms with E-state index >= 15 is 0 Å². The first-order valence-corrected chi connectivity index (χ1v) is 8.46.